The number of urea groups is 1. The lowest BCUT2D eigenvalue weighted by molar-refractivity contribution is -0.148. The molecule has 128 valence electrons. The first-order valence-corrected chi connectivity index (χ1v) is 8.07. The molecule has 0 aromatic heterocycles. The number of ether oxygens (including phenoxy) is 1. The SMILES string of the molecule is COC(=O)C1(CN2C(=O)NC(c3c(C)cc(C)cc3C)C2=O)CC1. The fraction of sp³-hybridized carbons (Fsp3) is 0.500. The monoisotopic (exact) mass is 330 g/mol. The normalized spacial score (nSPS) is 21.7. The van der Waals surface area contributed by atoms with Crippen molar-refractivity contribution in [3.05, 3.63) is 34.4 Å². The highest BCUT2D eigenvalue weighted by Crippen LogP contribution is 2.48. The highest BCUT2D eigenvalue weighted by atomic mass is 16.5. The van der Waals surface area contributed by atoms with Gasteiger partial charge in [-0.1, -0.05) is 17.7 Å². The van der Waals surface area contributed by atoms with Gasteiger partial charge in [0.1, 0.15) is 6.04 Å². The Hall–Kier alpha value is -2.37. The summed E-state index contributed by atoms with van der Waals surface area (Å²) in [4.78, 5) is 38.2. The first kappa shape index (κ1) is 16.5. The molecule has 1 aliphatic heterocycles. The Morgan fingerprint density at radius 1 is 1.25 bits per heavy atom. The maximum atomic E-state index is 12.8. The number of nitrogens with one attached hydrogen (secondary N) is 1. The number of rotatable bonds is 4. The van der Waals surface area contributed by atoms with Crippen LogP contribution in [0.25, 0.3) is 0 Å². The molecule has 3 amide bonds. The number of methoxy groups -OCH3 is 1. The Morgan fingerprint density at radius 2 is 1.83 bits per heavy atom. The summed E-state index contributed by atoms with van der Waals surface area (Å²) < 4.78 is 4.81. The van der Waals surface area contributed by atoms with E-state index in [2.05, 4.69) is 5.32 Å². The minimum atomic E-state index is -0.714. The maximum absolute atomic E-state index is 12.8. The zero-order valence-electron chi connectivity index (χ0n) is 14.4. The van der Waals surface area contributed by atoms with E-state index in [4.69, 9.17) is 4.74 Å². The Bertz CT molecular complexity index is 714. The molecular formula is C18H22N2O4. The number of benzene rings is 1. The van der Waals surface area contributed by atoms with Gasteiger partial charge in [-0.2, -0.15) is 0 Å². The predicted octanol–water partition coefficient (Wildman–Crippen LogP) is 2.16. The van der Waals surface area contributed by atoms with Crippen LogP contribution in [-0.2, 0) is 14.3 Å². The molecule has 6 heteroatoms. The van der Waals surface area contributed by atoms with Crippen LogP contribution in [-0.4, -0.2) is 36.5 Å². The first-order chi connectivity index (χ1) is 11.3. The van der Waals surface area contributed by atoms with Crippen molar-refractivity contribution in [2.24, 2.45) is 5.41 Å². The summed E-state index contributed by atoms with van der Waals surface area (Å²) in [6.07, 6.45) is 1.29. The van der Waals surface area contributed by atoms with Crippen LogP contribution in [0, 0.1) is 26.2 Å². The number of carbonyl (C=O) groups is 3. The standard InChI is InChI=1S/C18H22N2O4/c1-10-7-11(2)13(12(3)8-10)14-15(21)20(17(23)19-14)9-18(5-6-18)16(22)24-4/h7-8,14H,5-6,9H2,1-4H3,(H,19,23). The summed E-state index contributed by atoms with van der Waals surface area (Å²) >= 11 is 0. The molecule has 1 unspecified atom stereocenters. The molecule has 0 spiro atoms. The molecule has 0 radical (unpaired) electrons. The van der Waals surface area contributed by atoms with Gasteiger partial charge in [0.25, 0.3) is 5.91 Å². The Labute approximate surface area is 141 Å². The zero-order chi connectivity index (χ0) is 17.6. The van der Waals surface area contributed by atoms with Gasteiger partial charge in [0, 0.05) is 6.54 Å². The molecule has 6 nitrogen and oxygen atoms in total. The van der Waals surface area contributed by atoms with Gasteiger partial charge >= 0.3 is 12.0 Å². The molecule has 24 heavy (non-hydrogen) atoms. The van der Waals surface area contributed by atoms with Gasteiger partial charge in [-0.25, -0.2) is 4.79 Å². The van der Waals surface area contributed by atoms with Crippen molar-refractivity contribution in [2.75, 3.05) is 13.7 Å². The molecule has 1 atom stereocenters. The van der Waals surface area contributed by atoms with Crippen molar-refractivity contribution in [3.8, 4) is 0 Å². The van der Waals surface area contributed by atoms with Gasteiger partial charge in [0.2, 0.25) is 0 Å². The molecule has 1 aromatic rings. The largest absolute Gasteiger partial charge is 0.469 e. The van der Waals surface area contributed by atoms with Crippen molar-refractivity contribution in [3.63, 3.8) is 0 Å². The summed E-state index contributed by atoms with van der Waals surface area (Å²) in [5.74, 6) is -0.653. The van der Waals surface area contributed by atoms with Crippen LogP contribution in [0.15, 0.2) is 12.1 Å². The smallest absolute Gasteiger partial charge is 0.325 e. The average molecular weight is 330 g/mol. The van der Waals surface area contributed by atoms with E-state index in [9.17, 15) is 14.4 Å². The van der Waals surface area contributed by atoms with E-state index in [0.29, 0.717) is 12.8 Å². The molecular weight excluding hydrogens is 308 g/mol. The van der Waals surface area contributed by atoms with E-state index in [1.54, 1.807) is 0 Å². The molecule has 1 heterocycles. The number of amides is 3. The lowest BCUT2D eigenvalue weighted by atomic mass is 9.94. The topological polar surface area (TPSA) is 75.7 Å². The molecule has 1 aliphatic carbocycles. The van der Waals surface area contributed by atoms with Gasteiger partial charge in [0.15, 0.2) is 0 Å². The molecule has 1 saturated heterocycles. The second-order valence-electron chi connectivity index (χ2n) is 6.89. The second kappa shape index (κ2) is 5.61. The number of carbonyl (C=O) groups excluding carboxylic acids is 3. The number of hydrogen-bond donors (Lipinski definition) is 1. The number of nitrogens with zero attached hydrogens (tertiary/aromatic N) is 1. The van der Waals surface area contributed by atoms with E-state index in [1.807, 2.05) is 32.9 Å². The van der Waals surface area contributed by atoms with Crippen molar-refractivity contribution in [2.45, 2.75) is 39.7 Å². The number of esters is 1. The van der Waals surface area contributed by atoms with Gasteiger partial charge in [-0.15, -0.1) is 0 Å². The van der Waals surface area contributed by atoms with Gasteiger partial charge in [-0.3, -0.25) is 14.5 Å². The van der Waals surface area contributed by atoms with Crippen molar-refractivity contribution in [1.82, 2.24) is 10.2 Å². The maximum Gasteiger partial charge on any atom is 0.325 e. The Kier molecular flexibility index (Phi) is 3.86. The number of hydrogen-bond acceptors (Lipinski definition) is 4. The third kappa shape index (κ3) is 2.56. The molecule has 0 bridgehead atoms. The van der Waals surface area contributed by atoms with E-state index in [0.717, 1.165) is 27.2 Å². The highest BCUT2D eigenvalue weighted by molar-refractivity contribution is 6.05. The van der Waals surface area contributed by atoms with Crippen molar-refractivity contribution < 1.29 is 19.1 Å². The van der Waals surface area contributed by atoms with Crippen molar-refractivity contribution >= 4 is 17.9 Å². The van der Waals surface area contributed by atoms with Crippen molar-refractivity contribution in [1.29, 1.82) is 0 Å². The number of aryl methyl sites for hydroxylation is 3. The van der Waals surface area contributed by atoms with E-state index < -0.39 is 17.5 Å². The third-order valence-corrected chi connectivity index (χ3v) is 4.99. The van der Waals surface area contributed by atoms with Gasteiger partial charge < -0.3 is 10.1 Å². The minimum absolute atomic E-state index is 0.0881. The molecule has 1 N–H and O–H groups in total. The quantitative estimate of drug-likeness (QED) is 0.678. The third-order valence-electron chi connectivity index (χ3n) is 4.99. The highest BCUT2D eigenvalue weighted by Gasteiger charge is 2.55. The summed E-state index contributed by atoms with van der Waals surface area (Å²) in [7, 11) is 1.33. The summed E-state index contributed by atoms with van der Waals surface area (Å²) in [5, 5.41) is 2.76. The lowest BCUT2D eigenvalue weighted by Gasteiger charge is -2.20. The summed E-state index contributed by atoms with van der Waals surface area (Å²) in [5.41, 5.74) is 3.19. The van der Waals surface area contributed by atoms with E-state index in [1.165, 1.54) is 7.11 Å². The lowest BCUT2D eigenvalue weighted by Crippen LogP contribution is -2.39. The summed E-state index contributed by atoms with van der Waals surface area (Å²) in [6, 6.07) is 2.87. The fourth-order valence-corrected chi connectivity index (χ4v) is 3.61. The van der Waals surface area contributed by atoms with Crippen LogP contribution in [0.1, 0.15) is 41.1 Å². The molecule has 1 saturated carbocycles. The number of imide groups is 1. The predicted molar refractivity (Wildman–Crippen MR) is 87.3 cm³/mol. The zero-order valence-corrected chi connectivity index (χ0v) is 14.4. The van der Waals surface area contributed by atoms with E-state index in [-0.39, 0.29) is 18.4 Å². The van der Waals surface area contributed by atoms with E-state index >= 15 is 0 Å². The van der Waals surface area contributed by atoms with Crippen LogP contribution in [0.3, 0.4) is 0 Å². The van der Waals surface area contributed by atoms with Crippen LogP contribution < -0.4 is 5.32 Å². The molecule has 2 fully saturated rings. The van der Waals surface area contributed by atoms with Gasteiger partial charge in [0.05, 0.1) is 12.5 Å². The molecule has 1 aromatic carbocycles. The van der Waals surface area contributed by atoms with Crippen LogP contribution in [0.2, 0.25) is 0 Å². The molecule has 2 aliphatic rings. The molecule has 3 rings (SSSR count). The van der Waals surface area contributed by atoms with Crippen LogP contribution >= 0.6 is 0 Å². The first-order valence-electron chi connectivity index (χ1n) is 8.07. The van der Waals surface area contributed by atoms with Gasteiger partial charge in [-0.05, 0) is 50.3 Å². The van der Waals surface area contributed by atoms with Crippen LogP contribution in [0.4, 0.5) is 4.79 Å². The summed E-state index contributed by atoms with van der Waals surface area (Å²) in [6.45, 7) is 5.96. The minimum Gasteiger partial charge on any atom is -0.469 e. The fourth-order valence-electron chi connectivity index (χ4n) is 3.61. The van der Waals surface area contributed by atoms with Crippen LogP contribution in [0.5, 0.6) is 0 Å². The second-order valence-corrected chi connectivity index (χ2v) is 6.89. The Morgan fingerprint density at radius 3 is 2.33 bits per heavy atom. The average Bonchev–Trinajstić information content (AvgIpc) is 3.24. The Balaban J connectivity index is 1.87.